The zero-order valence-electron chi connectivity index (χ0n) is 15.2. The summed E-state index contributed by atoms with van der Waals surface area (Å²) < 4.78 is 4.98. The maximum Gasteiger partial charge on any atom is 0.409 e. The maximum atomic E-state index is 11.8. The van der Waals surface area contributed by atoms with Crippen LogP contribution in [0.15, 0.2) is 23.3 Å². The predicted octanol–water partition coefficient (Wildman–Crippen LogP) is 1.10. The van der Waals surface area contributed by atoms with Gasteiger partial charge in [-0.2, -0.15) is 10.4 Å². The Bertz CT molecular complexity index is 840. The second-order valence-corrected chi connectivity index (χ2v) is 5.73. The molecule has 0 aliphatic carbocycles. The van der Waals surface area contributed by atoms with E-state index in [1.54, 1.807) is 24.0 Å². The molecule has 12 heteroatoms. The number of nitro groups is 1. The number of amidine groups is 1. The van der Waals surface area contributed by atoms with Crippen molar-refractivity contribution in [3.8, 4) is 6.07 Å². The fourth-order valence-electron chi connectivity index (χ4n) is 2.59. The van der Waals surface area contributed by atoms with E-state index in [4.69, 9.17) is 21.1 Å². The van der Waals surface area contributed by atoms with Gasteiger partial charge in [0.25, 0.3) is 5.69 Å². The Morgan fingerprint density at radius 2 is 2.14 bits per heavy atom. The number of nitrogens with two attached hydrogens (primary N) is 1. The average molecular weight is 388 g/mol. The van der Waals surface area contributed by atoms with E-state index in [-0.39, 0.29) is 23.2 Å². The van der Waals surface area contributed by atoms with Crippen LogP contribution >= 0.6 is 0 Å². The largest absolute Gasteiger partial charge is 0.450 e. The molecule has 0 radical (unpaired) electrons. The third-order valence-electron chi connectivity index (χ3n) is 4.00. The topological polar surface area (TPSA) is 174 Å². The van der Waals surface area contributed by atoms with E-state index in [9.17, 15) is 14.9 Å². The van der Waals surface area contributed by atoms with Gasteiger partial charge in [-0.15, -0.1) is 0 Å². The molecule has 0 unspecified atom stereocenters. The first-order chi connectivity index (χ1) is 13.4. The van der Waals surface area contributed by atoms with Gasteiger partial charge in [0.15, 0.2) is 5.84 Å². The zero-order chi connectivity index (χ0) is 20.7. The normalized spacial score (nSPS) is 14.2. The molecule has 1 aliphatic heterocycles. The summed E-state index contributed by atoms with van der Waals surface area (Å²) in [6.07, 6.45) is -0.365. The second-order valence-electron chi connectivity index (χ2n) is 5.73. The Morgan fingerprint density at radius 3 is 2.68 bits per heavy atom. The molecule has 0 bridgehead atoms. The van der Waals surface area contributed by atoms with Gasteiger partial charge in [0.1, 0.15) is 11.8 Å². The van der Waals surface area contributed by atoms with E-state index in [1.165, 1.54) is 12.1 Å². The molecule has 0 spiro atoms. The van der Waals surface area contributed by atoms with Gasteiger partial charge in [0.2, 0.25) is 5.71 Å². The van der Waals surface area contributed by atoms with Crippen LogP contribution < -0.4 is 16.1 Å². The number of nitrogens with zero attached hydrogens (tertiary/aromatic N) is 5. The molecular formula is C16H20N8O4. The predicted molar refractivity (Wildman–Crippen MR) is 102 cm³/mol. The number of benzene rings is 1. The number of anilines is 2. The lowest BCUT2D eigenvalue weighted by atomic mass is 10.2. The third-order valence-corrected chi connectivity index (χ3v) is 4.00. The Morgan fingerprint density at radius 1 is 1.46 bits per heavy atom. The van der Waals surface area contributed by atoms with Gasteiger partial charge in [-0.3, -0.25) is 20.9 Å². The number of nitriles is 1. The summed E-state index contributed by atoms with van der Waals surface area (Å²) in [7, 11) is 0. The summed E-state index contributed by atoms with van der Waals surface area (Å²) in [5, 5.41) is 31.0. The minimum absolute atomic E-state index is 0.0596. The number of rotatable bonds is 6. The van der Waals surface area contributed by atoms with Gasteiger partial charge in [-0.25, -0.2) is 4.79 Å². The van der Waals surface area contributed by atoms with Crippen LogP contribution in [-0.4, -0.2) is 60.2 Å². The summed E-state index contributed by atoms with van der Waals surface area (Å²) in [5.74, 6) is -0.552. The molecule has 1 aromatic carbocycles. The Hall–Kier alpha value is -3.88. The molecular weight excluding hydrogens is 368 g/mol. The first-order valence-corrected chi connectivity index (χ1v) is 8.40. The highest BCUT2D eigenvalue weighted by atomic mass is 16.6. The maximum absolute atomic E-state index is 11.8. The lowest BCUT2D eigenvalue weighted by molar-refractivity contribution is -0.383. The number of nitro benzene ring substituents is 1. The van der Waals surface area contributed by atoms with Crippen molar-refractivity contribution in [3.05, 3.63) is 28.3 Å². The van der Waals surface area contributed by atoms with Crippen molar-refractivity contribution >= 4 is 34.7 Å². The van der Waals surface area contributed by atoms with E-state index in [2.05, 4.69) is 10.5 Å². The van der Waals surface area contributed by atoms with E-state index < -0.39 is 10.8 Å². The molecule has 1 amide bonds. The standard InChI is InChI=1S/C16H20N8O4/c1-2-28-16(25)23-7-5-22(6-8-23)11-3-4-14(24(26)27)12(9-11)20-21-13(10-17)15(18)19/h3-4,9,20H,2,5-8H2,1H3,(H3,18,19)/b21-13+. The molecule has 1 fully saturated rings. The van der Waals surface area contributed by atoms with Crippen LogP contribution in [0.4, 0.5) is 21.9 Å². The van der Waals surface area contributed by atoms with Gasteiger partial charge in [-0.1, -0.05) is 0 Å². The van der Waals surface area contributed by atoms with Crippen molar-refractivity contribution in [2.45, 2.75) is 6.92 Å². The van der Waals surface area contributed by atoms with Crippen molar-refractivity contribution in [3.63, 3.8) is 0 Å². The Balaban J connectivity index is 2.19. The van der Waals surface area contributed by atoms with Crippen molar-refractivity contribution in [1.29, 1.82) is 10.7 Å². The number of hydrogen-bond acceptors (Lipinski definition) is 9. The molecule has 1 aromatic rings. The van der Waals surface area contributed by atoms with Gasteiger partial charge in [0.05, 0.1) is 11.5 Å². The number of amides is 1. The first-order valence-electron chi connectivity index (χ1n) is 8.40. The molecule has 12 nitrogen and oxygen atoms in total. The average Bonchev–Trinajstić information content (AvgIpc) is 2.68. The molecule has 1 saturated heterocycles. The molecule has 148 valence electrons. The van der Waals surface area contributed by atoms with Crippen molar-refractivity contribution in [2.75, 3.05) is 43.1 Å². The van der Waals surface area contributed by atoms with Crippen LogP contribution in [0, 0.1) is 26.9 Å². The zero-order valence-corrected chi connectivity index (χ0v) is 15.2. The fourth-order valence-corrected chi connectivity index (χ4v) is 2.59. The number of hydrazone groups is 1. The molecule has 0 aromatic heterocycles. The molecule has 1 aliphatic rings. The summed E-state index contributed by atoms with van der Waals surface area (Å²) in [4.78, 5) is 26.0. The highest BCUT2D eigenvalue weighted by molar-refractivity contribution is 6.45. The number of nitrogens with one attached hydrogen (secondary N) is 2. The van der Waals surface area contributed by atoms with Crippen LogP contribution in [0.2, 0.25) is 0 Å². The van der Waals surface area contributed by atoms with E-state index in [0.29, 0.717) is 38.5 Å². The van der Waals surface area contributed by atoms with Gasteiger partial charge < -0.3 is 20.3 Å². The minimum atomic E-state index is -0.583. The van der Waals surface area contributed by atoms with E-state index >= 15 is 0 Å². The van der Waals surface area contributed by atoms with Crippen molar-refractivity contribution < 1.29 is 14.5 Å². The molecule has 0 saturated carbocycles. The molecule has 28 heavy (non-hydrogen) atoms. The van der Waals surface area contributed by atoms with Crippen molar-refractivity contribution in [1.82, 2.24) is 4.90 Å². The smallest absolute Gasteiger partial charge is 0.409 e. The van der Waals surface area contributed by atoms with E-state index in [1.807, 2.05) is 4.90 Å². The molecule has 0 atom stereocenters. The monoisotopic (exact) mass is 388 g/mol. The van der Waals surface area contributed by atoms with Crippen LogP contribution in [0.1, 0.15) is 6.92 Å². The second kappa shape index (κ2) is 9.17. The lowest BCUT2D eigenvalue weighted by Gasteiger charge is -2.35. The van der Waals surface area contributed by atoms with E-state index in [0.717, 1.165) is 0 Å². The molecule has 1 heterocycles. The van der Waals surface area contributed by atoms with Crippen LogP contribution in [0.25, 0.3) is 0 Å². The van der Waals surface area contributed by atoms with Gasteiger partial charge >= 0.3 is 6.09 Å². The molecule has 4 N–H and O–H groups in total. The SMILES string of the molecule is CCOC(=O)N1CCN(c2ccc([N+](=O)[O-])c(N/N=C(\C#N)C(=N)N)c2)CC1. The number of piperazine rings is 1. The highest BCUT2D eigenvalue weighted by Crippen LogP contribution is 2.30. The number of carbonyl (C=O) groups excluding carboxylic acids is 1. The van der Waals surface area contributed by atoms with Gasteiger partial charge in [0, 0.05) is 37.9 Å². The highest BCUT2D eigenvalue weighted by Gasteiger charge is 2.23. The lowest BCUT2D eigenvalue weighted by Crippen LogP contribution is -2.49. The summed E-state index contributed by atoms with van der Waals surface area (Å²) in [6.45, 7) is 4.01. The number of hydrogen-bond donors (Lipinski definition) is 3. The quantitative estimate of drug-likeness (QED) is 0.281. The van der Waals surface area contributed by atoms with Crippen molar-refractivity contribution in [2.24, 2.45) is 10.8 Å². The molecule has 2 rings (SSSR count). The summed E-state index contributed by atoms with van der Waals surface area (Å²) >= 11 is 0. The number of ether oxygens (including phenoxy) is 1. The summed E-state index contributed by atoms with van der Waals surface area (Å²) in [6, 6.07) is 6.08. The third kappa shape index (κ3) is 4.85. The van der Waals surface area contributed by atoms with Crippen LogP contribution in [0.5, 0.6) is 0 Å². The Labute approximate surface area is 160 Å². The number of carbonyl (C=O) groups is 1. The first kappa shape index (κ1) is 20.4. The minimum Gasteiger partial charge on any atom is -0.450 e. The van der Waals surface area contributed by atoms with Gasteiger partial charge in [-0.05, 0) is 19.1 Å². The van der Waals surface area contributed by atoms with Crippen LogP contribution in [-0.2, 0) is 4.74 Å². The Kier molecular flexibility index (Phi) is 6.69. The fraction of sp³-hybridized carbons (Fsp3) is 0.375. The van der Waals surface area contributed by atoms with Crippen LogP contribution in [0.3, 0.4) is 0 Å². The summed E-state index contributed by atoms with van der Waals surface area (Å²) in [5.41, 5.74) is 7.79.